The van der Waals surface area contributed by atoms with Crippen LogP contribution >= 0.6 is 22.6 Å². The maximum absolute atomic E-state index is 5.42. The molecule has 0 spiro atoms. The van der Waals surface area contributed by atoms with E-state index in [2.05, 4.69) is 70.4 Å². The van der Waals surface area contributed by atoms with E-state index < -0.39 is 0 Å². The standard InChI is InChI=1S/C17H18INO/c1-2-20-13-12-17(14-6-4-3-5-7-14)19-16-10-8-15(18)9-11-16/h3-12,19H,2,13H2,1H3/b17-12+. The number of hydrogen-bond donors (Lipinski definition) is 1. The van der Waals surface area contributed by atoms with Crippen LogP contribution < -0.4 is 5.32 Å². The van der Waals surface area contributed by atoms with Crippen molar-refractivity contribution in [1.82, 2.24) is 0 Å². The minimum absolute atomic E-state index is 0.609. The van der Waals surface area contributed by atoms with Gasteiger partial charge in [0.05, 0.1) is 6.61 Å². The molecule has 0 saturated carbocycles. The van der Waals surface area contributed by atoms with Crippen LogP contribution in [0, 0.1) is 3.57 Å². The van der Waals surface area contributed by atoms with Gasteiger partial charge in [-0.05, 0) is 65.4 Å². The number of rotatable bonds is 6. The molecule has 2 nitrogen and oxygen atoms in total. The molecular weight excluding hydrogens is 361 g/mol. The van der Waals surface area contributed by atoms with Gasteiger partial charge in [0.1, 0.15) is 0 Å². The first-order valence-electron chi connectivity index (χ1n) is 6.65. The van der Waals surface area contributed by atoms with E-state index in [9.17, 15) is 0 Å². The molecule has 0 aliphatic heterocycles. The molecule has 2 aromatic carbocycles. The average Bonchev–Trinajstić information content (AvgIpc) is 2.49. The van der Waals surface area contributed by atoms with Gasteiger partial charge in [-0.25, -0.2) is 0 Å². The molecule has 0 atom stereocenters. The number of nitrogens with one attached hydrogen (secondary N) is 1. The van der Waals surface area contributed by atoms with Crippen LogP contribution in [0.15, 0.2) is 60.7 Å². The maximum atomic E-state index is 5.42. The second-order valence-electron chi connectivity index (χ2n) is 4.28. The predicted octanol–water partition coefficient (Wildman–Crippen LogP) is 4.78. The summed E-state index contributed by atoms with van der Waals surface area (Å²) < 4.78 is 6.65. The fraction of sp³-hybridized carbons (Fsp3) is 0.176. The van der Waals surface area contributed by atoms with Crippen molar-refractivity contribution in [2.45, 2.75) is 6.92 Å². The summed E-state index contributed by atoms with van der Waals surface area (Å²) in [6.45, 7) is 3.34. The number of benzene rings is 2. The molecule has 0 amide bonds. The largest absolute Gasteiger partial charge is 0.378 e. The van der Waals surface area contributed by atoms with E-state index in [1.165, 1.54) is 3.57 Å². The molecule has 20 heavy (non-hydrogen) atoms. The molecule has 0 fully saturated rings. The minimum atomic E-state index is 0.609. The lowest BCUT2D eigenvalue weighted by molar-refractivity contribution is 0.178. The highest BCUT2D eigenvalue weighted by Crippen LogP contribution is 2.19. The molecule has 0 aromatic heterocycles. The summed E-state index contributed by atoms with van der Waals surface area (Å²) in [5, 5.41) is 3.46. The normalized spacial score (nSPS) is 11.4. The summed E-state index contributed by atoms with van der Waals surface area (Å²) in [5.74, 6) is 0. The van der Waals surface area contributed by atoms with Crippen LogP contribution in [0.5, 0.6) is 0 Å². The molecule has 2 rings (SSSR count). The van der Waals surface area contributed by atoms with Crippen LogP contribution in [0.25, 0.3) is 5.70 Å². The highest BCUT2D eigenvalue weighted by atomic mass is 127. The van der Waals surface area contributed by atoms with Crippen molar-refractivity contribution in [2.75, 3.05) is 18.5 Å². The van der Waals surface area contributed by atoms with Gasteiger partial charge in [-0.3, -0.25) is 0 Å². The van der Waals surface area contributed by atoms with Crippen molar-refractivity contribution >= 4 is 34.0 Å². The molecule has 0 unspecified atom stereocenters. The maximum Gasteiger partial charge on any atom is 0.0670 e. The minimum Gasteiger partial charge on any atom is -0.378 e. The quantitative estimate of drug-likeness (QED) is 0.576. The zero-order chi connectivity index (χ0) is 14.2. The van der Waals surface area contributed by atoms with Crippen LogP contribution in [-0.2, 0) is 4.74 Å². The summed E-state index contributed by atoms with van der Waals surface area (Å²) in [6, 6.07) is 18.6. The first-order valence-corrected chi connectivity index (χ1v) is 7.73. The summed E-state index contributed by atoms with van der Waals surface area (Å²) in [5.41, 5.74) is 3.31. The van der Waals surface area contributed by atoms with E-state index in [0.29, 0.717) is 6.61 Å². The zero-order valence-corrected chi connectivity index (χ0v) is 13.6. The van der Waals surface area contributed by atoms with Gasteiger partial charge < -0.3 is 10.1 Å². The topological polar surface area (TPSA) is 21.3 Å². The summed E-state index contributed by atoms with van der Waals surface area (Å²) in [4.78, 5) is 0. The Labute approximate surface area is 134 Å². The Kier molecular flexibility index (Phi) is 6.08. The molecule has 0 saturated heterocycles. The van der Waals surface area contributed by atoms with Crippen molar-refractivity contribution in [3.8, 4) is 0 Å². The molecule has 0 radical (unpaired) electrons. The monoisotopic (exact) mass is 379 g/mol. The summed E-state index contributed by atoms with van der Waals surface area (Å²) in [7, 11) is 0. The third kappa shape index (κ3) is 4.65. The molecule has 0 aliphatic carbocycles. The molecule has 2 aromatic rings. The van der Waals surface area contributed by atoms with Crippen LogP contribution in [0.2, 0.25) is 0 Å². The zero-order valence-electron chi connectivity index (χ0n) is 11.5. The lowest BCUT2D eigenvalue weighted by Crippen LogP contribution is -2.01. The van der Waals surface area contributed by atoms with E-state index in [1.54, 1.807) is 0 Å². The van der Waals surface area contributed by atoms with Crippen molar-refractivity contribution in [2.24, 2.45) is 0 Å². The highest BCUT2D eigenvalue weighted by molar-refractivity contribution is 14.1. The Morgan fingerprint density at radius 1 is 1.10 bits per heavy atom. The van der Waals surface area contributed by atoms with E-state index in [-0.39, 0.29) is 0 Å². The molecule has 104 valence electrons. The Hall–Kier alpha value is -1.33. The Morgan fingerprint density at radius 2 is 1.80 bits per heavy atom. The highest BCUT2D eigenvalue weighted by Gasteiger charge is 2.01. The number of hydrogen-bond acceptors (Lipinski definition) is 2. The van der Waals surface area contributed by atoms with Gasteiger partial charge in [0.25, 0.3) is 0 Å². The smallest absolute Gasteiger partial charge is 0.0670 e. The van der Waals surface area contributed by atoms with Crippen LogP contribution in [0.4, 0.5) is 5.69 Å². The summed E-state index contributed by atoms with van der Waals surface area (Å²) in [6.07, 6.45) is 2.08. The molecule has 1 N–H and O–H groups in total. The molecule has 3 heteroatoms. The van der Waals surface area contributed by atoms with Crippen molar-refractivity contribution in [3.63, 3.8) is 0 Å². The van der Waals surface area contributed by atoms with Gasteiger partial charge in [-0.2, -0.15) is 0 Å². The number of halogens is 1. The third-order valence-corrected chi connectivity index (χ3v) is 3.54. The SMILES string of the molecule is CCOC/C=C(/Nc1ccc(I)cc1)c1ccccc1. The molecule has 0 heterocycles. The van der Waals surface area contributed by atoms with E-state index >= 15 is 0 Å². The molecule has 0 bridgehead atoms. The average molecular weight is 379 g/mol. The third-order valence-electron chi connectivity index (χ3n) is 2.82. The van der Waals surface area contributed by atoms with Crippen molar-refractivity contribution in [1.29, 1.82) is 0 Å². The van der Waals surface area contributed by atoms with Crippen LogP contribution in [-0.4, -0.2) is 13.2 Å². The Morgan fingerprint density at radius 3 is 2.45 bits per heavy atom. The molecule has 0 aliphatic rings. The lowest BCUT2D eigenvalue weighted by atomic mass is 10.1. The Balaban J connectivity index is 2.18. The molecular formula is C17H18INO. The predicted molar refractivity (Wildman–Crippen MR) is 93.7 cm³/mol. The van der Waals surface area contributed by atoms with Gasteiger partial charge >= 0.3 is 0 Å². The van der Waals surface area contributed by atoms with Gasteiger partial charge in [-0.1, -0.05) is 30.3 Å². The second-order valence-corrected chi connectivity index (χ2v) is 5.52. The van der Waals surface area contributed by atoms with Gasteiger partial charge in [0, 0.05) is 21.6 Å². The van der Waals surface area contributed by atoms with Crippen molar-refractivity contribution in [3.05, 3.63) is 69.8 Å². The van der Waals surface area contributed by atoms with Gasteiger partial charge in [-0.15, -0.1) is 0 Å². The van der Waals surface area contributed by atoms with Gasteiger partial charge in [0.2, 0.25) is 0 Å². The Bertz CT molecular complexity index is 549. The fourth-order valence-corrected chi connectivity index (χ4v) is 2.17. The first kappa shape index (κ1) is 15.1. The van der Waals surface area contributed by atoms with Crippen LogP contribution in [0.1, 0.15) is 12.5 Å². The van der Waals surface area contributed by atoms with E-state index in [0.717, 1.165) is 23.6 Å². The number of anilines is 1. The van der Waals surface area contributed by atoms with E-state index in [4.69, 9.17) is 4.74 Å². The van der Waals surface area contributed by atoms with E-state index in [1.807, 2.05) is 25.1 Å². The van der Waals surface area contributed by atoms with Crippen LogP contribution in [0.3, 0.4) is 0 Å². The first-order chi connectivity index (χ1) is 9.79. The summed E-state index contributed by atoms with van der Waals surface area (Å²) >= 11 is 2.31. The fourth-order valence-electron chi connectivity index (χ4n) is 1.81. The lowest BCUT2D eigenvalue weighted by Gasteiger charge is -2.12. The number of ether oxygens (including phenoxy) is 1. The van der Waals surface area contributed by atoms with Crippen molar-refractivity contribution < 1.29 is 4.74 Å². The second kappa shape index (κ2) is 8.07. The van der Waals surface area contributed by atoms with Gasteiger partial charge in [0.15, 0.2) is 0 Å².